The van der Waals surface area contributed by atoms with Gasteiger partial charge in [-0.25, -0.2) is 4.39 Å². The van der Waals surface area contributed by atoms with E-state index in [1.165, 1.54) is 12.1 Å². The summed E-state index contributed by atoms with van der Waals surface area (Å²) in [6.07, 6.45) is 3.19. The smallest absolute Gasteiger partial charge is 0.258 e. The molecule has 126 valence electrons. The normalized spacial score (nSPS) is 12.2. The van der Waals surface area contributed by atoms with Crippen molar-refractivity contribution in [3.63, 3.8) is 0 Å². The molecule has 4 rings (SSSR count). The number of nitrogens with one attached hydrogen (secondary N) is 1. The second kappa shape index (κ2) is 6.30. The first-order valence-electron chi connectivity index (χ1n) is 7.87. The highest BCUT2D eigenvalue weighted by molar-refractivity contribution is 6.15. The Hall–Kier alpha value is -3.72. The standard InChI is InChI=1S/C20H12FN3O2/c21-18-4-1-12(9-22)7-17(18)20(25)24-15-3-2-13-10-23-19(16(13)8-15)14-5-6-26-11-14/h1-8,11H,10H2,(H,24,25). The molecule has 6 heteroatoms. The molecule has 1 N–H and O–H groups in total. The summed E-state index contributed by atoms with van der Waals surface area (Å²) in [4.78, 5) is 16.9. The molecule has 0 saturated carbocycles. The Bertz CT molecular complexity index is 1080. The SMILES string of the molecule is N#Cc1ccc(F)c(C(=O)Nc2ccc3c(c2)C(c2ccoc2)=NC3)c1. The van der Waals surface area contributed by atoms with Crippen molar-refractivity contribution in [2.45, 2.75) is 6.54 Å². The summed E-state index contributed by atoms with van der Waals surface area (Å²) in [6.45, 7) is 0.558. The molecule has 0 unspecified atom stereocenters. The Labute approximate surface area is 148 Å². The molecule has 0 saturated heterocycles. The van der Waals surface area contributed by atoms with Gasteiger partial charge in [-0.3, -0.25) is 9.79 Å². The van der Waals surface area contributed by atoms with Crippen molar-refractivity contribution in [1.29, 1.82) is 5.26 Å². The van der Waals surface area contributed by atoms with Gasteiger partial charge in [0.2, 0.25) is 0 Å². The highest BCUT2D eigenvalue weighted by Crippen LogP contribution is 2.26. The Kier molecular flexibility index (Phi) is 3.82. The van der Waals surface area contributed by atoms with Crippen LogP contribution in [0.1, 0.15) is 32.6 Å². The van der Waals surface area contributed by atoms with Gasteiger partial charge >= 0.3 is 0 Å². The summed E-state index contributed by atoms with van der Waals surface area (Å²) in [7, 11) is 0. The minimum atomic E-state index is -0.677. The molecule has 3 aromatic rings. The van der Waals surface area contributed by atoms with Crippen LogP contribution in [0.4, 0.5) is 10.1 Å². The van der Waals surface area contributed by atoms with E-state index in [1.807, 2.05) is 18.2 Å². The van der Waals surface area contributed by atoms with Gasteiger partial charge in [0.1, 0.15) is 5.82 Å². The number of halogens is 1. The summed E-state index contributed by atoms with van der Waals surface area (Å²) in [6, 6.07) is 12.8. The molecule has 2 heterocycles. The van der Waals surface area contributed by atoms with Crippen LogP contribution in [0.15, 0.2) is 64.4 Å². The minimum absolute atomic E-state index is 0.173. The van der Waals surface area contributed by atoms with Crippen LogP contribution in [-0.2, 0) is 6.54 Å². The number of aliphatic imine (C=N–C) groups is 1. The summed E-state index contributed by atoms with van der Waals surface area (Å²) < 4.78 is 19.0. The van der Waals surface area contributed by atoms with Crippen molar-refractivity contribution in [3.05, 3.63) is 88.6 Å². The van der Waals surface area contributed by atoms with E-state index >= 15 is 0 Å². The van der Waals surface area contributed by atoms with Gasteiger partial charge in [-0.1, -0.05) is 6.07 Å². The van der Waals surface area contributed by atoms with Crippen LogP contribution in [0.2, 0.25) is 0 Å². The number of anilines is 1. The van der Waals surface area contributed by atoms with E-state index in [0.717, 1.165) is 28.5 Å². The van der Waals surface area contributed by atoms with E-state index in [9.17, 15) is 9.18 Å². The third-order valence-electron chi connectivity index (χ3n) is 4.17. The van der Waals surface area contributed by atoms with Gasteiger partial charge in [0.15, 0.2) is 0 Å². The summed E-state index contributed by atoms with van der Waals surface area (Å²) >= 11 is 0. The van der Waals surface area contributed by atoms with Gasteiger partial charge in [-0.15, -0.1) is 0 Å². The van der Waals surface area contributed by atoms with Gasteiger partial charge in [0, 0.05) is 16.8 Å². The summed E-state index contributed by atoms with van der Waals surface area (Å²) in [5.74, 6) is -1.29. The van der Waals surface area contributed by atoms with Crippen molar-refractivity contribution < 1.29 is 13.6 Å². The van der Waals surface area contributed by atoms with Crippen molar-refractivity contribution >= 4 is 17.3 Å². The first-order valence-corrected chi connectivity index (χ1v) is 7.87. The number of amides is 1. The van der Waals surface area contributed by atoms with E-state index in [2.05, 4.69) is 10.3 Å². The van der Waals surface area contributed by atoms with E-state index in [-0.39, 0.29) is 11.1 Å². The molecule has 0 fully saturated rings. The van der Waals surface area contributed by atoms with Crippen LogP contribution in [0.5, 0.6) is 0 Å². The summed E-state index contributed by atoms with van der Waals surface area (Å²) in [5, 5.41) is 11.6. The largest absolute Gasteiger partial charge is 0.472 e. The predicted molar refractivity (Wildman–Crippen MR) is 93.6 cm³/mol. The van der Waals surface area contributed by atoms with Gasteiger partial charge in [-0.2, -0.15) is 5.26 Å². The lowest BCUT2D eigenvalue weighted by molar-refractivity contribution is 0.102. The monoisotopic (exact) mass is 345 g/mol. The molecule has 1 aromatic heterocycles. The second-order valence-corrected chi connectivity index (χ2v) is 5.81. The molecule has 0 spiro atoms. The highest BCUT2D eigenvalue weighted by atomic mass is 19.1. The zero-order valence-electron chi connectivity index (χ0n) is 13.5. The topological polar surface area (TPSA) is 78.4 Å². The number of furan rings is 1. The van der Waals surface area contributed by atoms with Gasteiger partial charge < -0.3 is 9.73 Å². The maximum absolute atomic E-state index is 13.9. The number of nitrogens with zero attached hydrogens (tertiary/aromatic N) is 2. The van der Waals surface area contributed by atoms with Gasteiger partial charge in [0.05, 0.1) is 42.0 Å². The Morgan fingerprint density at radius 1 is 1.23 bits per heavy atom. The van der Waals surface area contributed by atoms with Crippen molar-refractivity contribution in [2.75, 3.05) is 5.32 Å². The van der Waals surface area contributed by atoms with Crippen molar-refractivity contribution in [2.24, 2.45) is 4.99 Å². The number of fused-ring (bicyclic) bond motifs is 1. The Morgan fingerprint density at radius 3 is 2.88 bits per heavy atom. The summed E-state index contributed by atoms with van der Waals surface area (Å²) in [5.41, 5.74) is 4.16. The molecule has 5 nitrogen and oxygen atoms in total. The number of carbonyl (C=O) groups is 1. The molecule has 0 atom stereocenters. The maximum Gasteiger partial charge on any atom is 0.258 e. The molecular weight excluding hydrogens is 333 g/mol. The van der Waals surface area contributed by atoms with E-state index in [1.54, 1.807) is 24.7 Å². The predicted octanol–water partition coefficient (Wildman–Crippen LogP) is 3.89. The van der Waals surface area contributed by atoms with Crippen LogP contribution in [-0.4, -0.2) is 11.6 Å². The molecule has 2 aromatic carbocycles. The van der Waals surface area contributed by atoms with E-state index in [4.69, 9.17) is 9.68 Å². The lowest BCUT2D eigenvalue weighted by Crippen LogP contribution is -2.14. The van der Waals surface area contributed by atoms with E-state index in [0.29, 0.717) is 12.2 Å². The lowest BCUT2D eigenvalue weighted by atomic mass is 10.0. The second-order valence-electron chi connectivity index (χ2n) is 5.81. The Morgan fingerprint density at radius 2 is 2.12 bits per heavy atom. The average molecular weight is 345 g/mol. The number of hydrogen-bond donors (Lipinski definition) is 1. The maximum atomic E-state index is 13.9. The molecule has 1 aliphatic rings. The highest BCUT2D eigenvalue weighted by Gasteiger charge is 2.20. The quantitative estimate of drug-likeness (QED) is 0.782. The number of hydrogen-bond acceptors (Lipinski definition) is 4. The van der Waals surface area contributed by atoms with Crippen LogP contribution in [0.3, 0.4) is 0 Å². The van der Waals surface area contributed by atoms with Crippen molar-refractivity contribution in [1.82, 2.24) is 0 Å². The van der Waals surface area contributed by atoms with Crippen LogP contribution in [0.25, 0.3) is 0 Å². The zero-order chi connectivity index (χ0) is 18.1. The molecule has 0 radical (unpaired) electrons. The number of nitriles is 1. The third kappa shape index (κ3) is 2.76. The molecule has 0 aliphatic carbocycles. The molecule has 1 aliphatic heterocycles. The average Bonchev–Trinajstić information content (AvgIpc) is 3.31. The molecular formula is C20H12FN3O2. The minimum Gasteiger partial charge on any atom is -0.472 e. The third-order valence-corrected chi connectivity index (χ3v) is 4.17. The van der Waals surface area contributed by atoms with Gasteiger partial charge in [0.25, 0.3) is 5.91 Å². The lowest BCUT2D eigenvalue weighted by Gasteiger charge is -2.09. The fraction of sp³-hybridized carbons (Fsp3) is 0.0500. The Balaban J connectivity index is 1.63. The van der Waals surface area contributed by atoms with Gasteiger partial charge in [-0.05, 0) is 42.0 Å². The fourth-order valence-electron chi connectivity index (χ4n) is 2.88. The van der Waals surface area contributed by atoms with E-state index < -0.39 is 11.7 Å². The number of rotatable bonds is 3. The molecule has 26 heavy (non-hydrogen) atoms. The van der Waals surface area contributed by atoms with Crippen LogP contribution >= 0.6 is 0 Å². The number of carbonyl (C=O) groups excluding carboxylic acids is 1. The van der Waals surface area contributed by atoms with Crippen LogP contribution < -0.4 is 5.32 Å². The number of benzene rings is 2. The van der Waals surface area contributed by atoms with Crippen molar-refractivity contribution in [3.8, 4) is 6.07 Å². The zero-order valence-corrected chi connectivity index (χ0v) is 13.5. The fourth-order valence-corrected chi connectivity index (χ4v) is 2.88. The molecule has 1 amide bonds. The first kappa shape index (κ1) is 15.8. The van der Waals surface area contributed by atoms with Crippen LogP contribution in [0, 0.1) is 17.1 Å². The first-order chi connectivity index (χ1) is 12.7. The molecule has 0 bridgehead atoms.